The Morgan fingerprint density at radius 2 is 1.62 bits per heavy atom. The lowest BCUT2D eigenvalue weighted by Crippen LogP contribution is -2.33. The molecule has 0 aliphatic carbocycles. The van der Waals surface area contributed by atoms with E-state index < -0.39 is 0 Å². The molecular weight excluding hydrogens is 326 g/mol. The van der Waals surface area contributed by atoms with E-state index in [2.05, 4.69) is 41.5 Å². The highest BCUT2D eigenvalue weighted by molar-refractivity contribution is 5.93. The molecule has 0 unspecified atom stereocenters. The van der Waals surface area contributed by atoms with E-state index >= 15 is 0 Å². The summed E-state index contributed by atoms with van der Waals surface area (Å²) in [6, 6.07) is 17.8. The standard InChI is InChI=1S/C21H27N3O2/c1-16(2)24(15-18-8-5-4-6-9-18)13-12-21(26)23-20-11-7-10-19(14-20)22-17(3)25/h4-11,14,16H,12-13,15H2,1-3H3,(H,22,25)(H,23,26). The molecule has 2 amide bonds. The van der Waals surface area contributed by atoms with E-state index in [1.807, 2.05) is 24.3 Å². The lowest BCUT2D eigenvalue weighted by molar-refractivity contribution is -0.116. The summed E-state index contributed by atoms with van der Waals surface area (Å²) in [4.78, 5) is 25.7. The van der Waals surface area contributed by atoms with Crippen LogP contribution in [0.2, 0.25) is 0 Å². The van der Waals surface area contributed by atoms with Gasteiger partial charge in [-0.25, -0.2) is 0 Å². The first-order valence-corrected chi connectivity index (χ1v) is 8.89. The molecule has 2 aromatic carbocycles. The lowest BCUT2D eigenvalue weighted by Gasteiger charge is -2.26. The molecule has 0 heterocycles. The highest BCUT2D eigenvalue weighted by atomic mass is 16.2. The quantitative estimate of drug-likeness (QED) is 0.757. The molecule has 0 atom stereocenters. The van der Waals surface area contributed by atoms with Gasteiger partial charge >= 0.3 is 0 Å². The number of anilines is 2. The normalized spacial score (nSPS) is 10.8. The summed E-state index contributed by atoms with van der Waals surface area (Å²) in [5.74, 6) is -0.175. The first-order chi connectivity index (χ1) is 12.4. The van der Waals surface area contributed by atoms with Gasteiger partial charge in [-0.3, -0.25) is 14.5 Å². The van der Waals surface area contributed by atoms with Crippen molar-refractivity contribution in [3.8, 4) is 0 Å². The third-order valence-corrected chi connectivity index (χ3v) is 4.05. The maximum atomic E-state index is 12.3. The van der Waals surface area contributed by atoms with Gasteiger partial charge in [-0.1, -0.05) is 36.4 Å². The summed E-state index contributed by atoms with van der Waals surface area (Å²) in [6.07, 6.45) is 0.412. The molecule has 2 N–H and O–H groups in total. The molecule has 0 radical (unpaired) electrons. The van der Waals surface area contributed by atoms with Crippen molar-refractivity contribution < 1.29 is 9.59 Å². The molecule has 5 heteroatoms. The van der Waals surface area contributed by atoms with Crippen LogP contribution < -0.4 is 10.6 Å². The van der Waals surface area contributed by atoms with Crippen molar-refractivity contribution in [3.05, 3.63) is 60.2 Å². The molecule has 5 nitrogen and oxygen atoms in total. The molecule has 0 saturated carbocycles. The average Bonchev–Trinajstić information content (AvgIpc) is 2.59. The molecule has 0 saturated heterocycles. The second-order valence-corrected chi connectivity index (χ2v) is 6.61. The SMILES string of the molecule is CC(=O)Nc1cccc(NC(=O)CCN(Cc2ccccc2)C(C)C)c1. The van der Waals surface area contributed by atoms with Gasteiger partial charge in [0.05, 0.1) is 0 Å². The second kappa shape index (κ2) is 9.73. The molecular formula is C21H27N3O2. The molecule has 2 rings (SSSR count). The summed E-state index contributed by atoms with van der Waals surface area (Å²) in [6.45, 7) is 7.24. The minimum Gasteiger partial charge on any atom is -0.326 e. The van der Waals surface area contributed by atoms with Gasteiger partial charge in [-0.2, -0.15) is 0 Å². The van der Waals surface area contributed by atoms with Crippen LogP contribution >= 0.6 is 0 Å². The minimum absolute atomic E-state index is 0.0383. The Bertz CT molecular complexity index is 729. The Kier molecular flexibility index (Phi) is 7.36. The maximum absolute atomic E-state index is 12.3. The van der Waals surface area contributed by atoms with E-state index in [4.69, 9.17) is 0 Å². The summed E-state index contributed by atoms with van der Waals surface area (Å²) < 4.78 is 0. The molecule has 0 aliphatic rings. The zero-order chi connectivity index (χ0) is 18.9. The number of nitrogens with one attached hydrogen (secondary N) is 2. The Balaban J connectivity index is 1.89. The van der Waals surface area contributed by atoms with Crippen LogP contribution in [0, 0.1) is 0 Å². The summed E-state index contributed by atoms with van der Waals surface area (Å²) in [7, 11) is 0. The van der Waals surface area contributed by atoms with E-state index in [0.717, 1.165) is 6.54 Å². The smallest absolute Gasteiger partial charge is 0.225 e. The zero-order valence-electron chi connectivity index (χ0n) is 15.7. The summed E-state index contributed by atoms with van der Waals surface area (Å²) >= 11 is 0. The van der Waals surface area contributed by atoms with E-state index in [0.29, 0.717) is 30.4 Å². The van der Waals surface area contributed by atoms with Gasteiger partial charge in [-0.05, 0) is 37.6 Å². The van der Waals surface area contributed by atoms with Gasteiger partial charge in [0.15, 0.2) is 0 Å². The molecule has 0 spiro atoms. The molecule has 0 bridgehead atoms. The van der Waals surface area contributed by atoms with Gasteiger partial charge in [-0.15, -0.1) is 0 Å². The lowest BCUT2D eigenvalue weighted by atomic mass is 10.2. The number of amides is 2. The number of benzene rings is 2. The van der Waals surface area contributed by atoms with Gasteiger partial charge in [0.25, 0.3) is 0 Å². The molecule has 2 aromatic rings. The van der Waals surface area contributed by atoms with Crippen LogP contribution in [0.15, 0.2) is 54.6 Å². The Morgan fingerprint density at radius 1 is 0.962 bits per heavy atom. The Labute approximate surface area is 155 Å². The fraction of sp³-hybridized carbons (Fsp3) is 0.333. The van der Waals surface area contributed by atoms with Crippen molar-refractivity contribution in [1.29, 1.82) is 0 Å². The zero-order valence-corrected chi connectivity index (χ0v) is 15.7. The van der Waals surface area contributed by atoms with Crippen molar-refractivity contribution in [2.24, 2.45) is 0 Å². The van der Waals surface area contributed by atoms with Crippen LogP contribution in [-0.2, 0) is 16.1 Å². The Morgan fingerprint density at radius 3 is 2.23 bits per heavy atom. The summed E-state index contributed by atoms with van der Waals surface area (Å²) in [5.41, 5.74) is 2.59. The largest absolute Gasteiger partial charge is 0.326 e. The van der Waals surface area contributed by atoms with Gasteiger partial charge < -0.3 is 10.6 Å². The van der Waals surface area contributed by atoms with Crippen molar-refractivity contribution in [3.63, 3.8) is 0 Å². The number of hydrogen-bond acceptors (Lipinski definition) is 3. The fourth-order valence-corrected chi connectivity index (χ4v) is 2.68. The number of hydrogen-bond donors (Lipinski definition) is 2. The summed E-state index contributed by atoms with van der Waals surface area (Å²) in [5, 5.41) is 5.61. The monoisotopic (exact) mass is 353 g/mol. The predicted octanol–water partition coefficient (Wildman–Crippen LogP) is 3.88. The minimum atomic E-state index is -0.137. The van der Waals surface area contributed by atoms with E-state index in [1.54, 1.807) is 18.2 Å². The third-order valence-electron chi connectivity index (χ3n) is 4.05. The molecule has 0 aromatic heterocycles. The van der Waals surface area contributed by atoms with Crippen LogP contribution in [0.25, 0.3) is 0 Å². The number of nitrogens with zero attached hydrogens (tertiary/aromatic N) is 1. The third kappa shape index (κ3) is 6.69. The molecule has 138 valence electrons. The van der Waals surface area contributed by atoms with Crippen molar-refractivity contribution in [2.75, 3.05) is 17.2 Å². The molecule has 0 aliphatic heterocycles. The van der Waals surface area contributed by atoms with E-state index in [9.17, 15) is 9.59 Å². The van der Waals surface area contributed by atoms with Crippen molar-refractivity contribution in [1.82, 2.24) is 4.90 Å². The fourth-order valence-electron chi connectivity index (χ4n) is 2.68. The number of carbonyl (C=O) groups excluding carboxylic acids is 2. The predicted molar refractivity (Wildman–Crippen MR) is 106 cm³/mol. The number of rotatable bonds is 8. The van der Waals surface area contributed by atoms with Gasteiger partial charge in [0, 0.05) is 43.9 Å². The van der Waals surface area contributed by atoms with Crippen LogP contribution in [0.1, 0.15) is 32.8 Å². The van der Waals surface area contributed by atoms with Gasteiger partial charge in [0.1, 0.15) is 0 Å². The van der Waals surface area contributed by atoms with Crippen LogP contribution in [0.3, 0.4) is 0 Å². The first kappa shape index (κ1) is 19.7. The molecule has 0 fully saturated rings. The van der Waals surface area contributed by atoms with Crippen molar-refractivity contribution in [2.45, 2.75) is 39.8 Å². The highest BCUT2D eigenvalue weighted by Gasteiger charge is 2.12. The van der Waals surface area contributed by atoms with E-state index in [-0.39, 0.29) is 11.8 Å². The second-order valence-electron chi connectivity index (χ2n) is 6.61. The van der Waals surface area contributed by atoms with Crippen LogP contribution in [0.5, 0.6) is 0 Å². The number of carbonyl (C=O) groups is 2. The van der Waals surface area contributed by atoms with Crippen LogP contribution in [0.4, 0.5) is 11.4 Å². The van der Waals surface area contributed by atoms with Crippen LogP contribution in [-0.4, -0.2) is 29.3 Å². The van der Waals surface area contributed by atoms with Gasteiger partial charge in [0.2, 0.25) is 11.8 Å². The topological polar surface area (TPSA) is 61.4 Å². The first-order valence-electron chi connectivity index (χ1n) is 8.89. The maximum Gasteiger partial charge on any atom is 0.225 e. The molecule has 26 heavy (non-hydrogen) atoms. The average molecular weight is 353 g/mol. The Hall–Kier alpha value is -2.66. The van der Waals surface area contributed by atoms with E-state index in [1.165, 1.54) is 12.5 Å². The highest BCUT2D eigenvalue weighted by Crippen LogP contribution is 2.15. The van der Waals surface area contributed by atoms with Crippen molar-refractivity contribution >= 4 is 23.2 Å².